The molecule has 29 heavy (non-hydrogen) atoms. The van der Waals surface area contributed by atoms with Crippen LogP contribution in [0.2, 0.25) is 0 Å². The van der Waals surface area contributed by atoms with E-state index in [0.29, 0.717) is 17.9 Å². The number of hydrogen-bond donors (Lipinski definition) is 1. The molecule has 0 aliphatic heterocycles. The van der Waals surface area contributed by atoms with Crippen molar-refractivity contribution in [1.29, 1.82) is 0 Å². The second-order valence-corrected chi connectivity index (χ2v) is 10.2. The number of sulfonamides is 1. The van der Waals surface area contributed by atoms with Crippen LogP contribution in [0.15, 0.2) is 46.8 Å². The summed E-state index contributed by atoms with van der Waals surface area (Å²) in [5, 5.41) is 0. The third-order valence-corrected chi connectivity index (χ3v) is 7.58. The van der Waals surface area contributed by atoms with E-state index in [1.165, 1.54) is 32.4 Å². The Labute approximate surface area is 177 Å². The van der Waals surface area contributed by atoms with E-state index in [-0.39, 0.29) is 17.1 Å². The molecule has 0 saturated carbocycles. The highest BCUT2D eigenvalue weighted by molar-refractivity contribution is 8.01. The maximum Gasteiger partial charge on any atom is 0.341 e. The van der Waals surface area contributed by atoms with Crippen LogP contribution in [0.5, 0.6) is 5.75 Å². The van der Waals surface area contributed by atoms with Crippen LogP contribution in [0, 0.1) is 0 Å². The van der Waals surface area contributed by atoms with Crippen molar-refractivity contribution >= 4 is 55.0 Å². The van der Waals surface area contributed by atoms with E-state index in [9.17, 15) is 13.2 Å². The van der Waals surface area contributed by atoms with Gasteiger partial charge in [-0.3, -0.25) is 4.72 Å². The molecule has 3 aromatic rings. The number of aromatic nitrogens is 1. The van der Waals surface area contributed by atoms with Crippen molar-refractivity contribution < 1.29 is 22.7 Å². The van der Waals surface area contributed by atoms with E-state index >= 15 is 0 Å². The molecule has 0 spiro atoms. The number of para-hydroxylation sites is 1. The van der Waals surface area contributed by atoms with Crippen LogP contribution >= 0.6 is 23.1 Å². The van der Waals surface area contributed by atoms with Gasteiger partial charge in [-0.1, -0.05) is 23.9 Å². The van der Waals surface area contributed by atoms with Gasteiger partial charge in [0.25, 0.3) is 0 Å². The summed E-state index contributed by atoms with van der Waals surface area (Å²) in [4.78, 5) is 16.2. The molecular formula is C19H20N2O5S3. The summed E-state index contributed by atoms with van der Waals surface area (Å²) < 4.78 is 39.1. The summed E-state index contributed by atoms with van der Waals surface area (Å²) in [6.07, 6.45) is 0.479. The summed E-state index contributed by atoms with van der Waals surface area (Å²) >= 11 is 3.15. The number of benzene rings is 2. The molecule has 0 aliphatic rings. The predicted octanol–water partition coefficient (Wildman–Crippen LogP) is 4.02. The molecule has 0 unspecified atom stereocenters. The number of carbonyl (C=O) groups excluding carboxylic acids is 1. The lowest BCUT2D eigenvalue weighted by molar-refractivity contribution is 0.0597. The first-order valence-corrected chi connectivity index (χ1v) is 12.1. The molecule has 0 amide bonds. The number of ether oxygens (including phenoxy) is 2. The number of rotatable bonds is 9. The van der Waals surface area contributed by atoms with Gasteiger partial charge >= 0.3 is 5.97 Å². The molecule has 0 atom stereocenters. The van der Waals surface area contributed by atoms with Crippen molar-refractivity contribution in [3.05, 3.63) is 48.0 Å². The Morgan fingerprint density at radius 3 is 2.72 bits per heavy atom. The fraction of sp³-hybridized carbons (Fsp3) is 0.263. The Morgan fingerprint density at radius 2 is 2.00 bits per heavy atom. The molecule has 1 heterocycles. The lowest BCUT2D eigenvalue weighted by Gasteiger charge is -2.11. The first-order chi connectivity index (χ1) is 13.9. The van der Waals surface area contributed by atoms with Crippen molar-refractivity contribution in [3.8, 4) is 5.75 Å². The maximum atomic E-state index is 12.4. The highest BCUT2D eigenvalue weighted by Crippen LogP contribution is 2.30. The van der Waals surface area contributed by atoms with Crippen LogP contribution < -0.4 is 9.46 Å². The van der Waals surface area contributed by atoms with E-state index in [1.54, 1.807) is 23.1 Å². The van der Waals surface area contributed by atoms with E-state index in [4.69, 9.17) is 4.74 Å². The summed E-state index contributed by atoms with van der Waals surface area (Å²) in [6.45, 7) is 0. The van der Waals surface area contributed by atoms with Crippen LogP contribution in [0.1, 0.15) is 16.8 Å². The minimum Gasteiger partial charge on any atom is -0.496 e. The molecular weight excluding hydrogens is 432 g/mol. The quantitative estimate of drug-likeness (QED) is 0.298. The van der Waals surface area contributed by atoms with Gasteiger partial charge in [-0.05, 0) is 30.7 Å². The van der Waals surface area contributed by atoms with E-state index in [2.05, 4.69) is 14.4 Å². The number of thiazole rings is 1. The highest BCUT2D eigenvalue weighted by Gasteiger charge is 2.16. The molecule has 154 valence electrons. The van der Waals surface area contributed by atoms with E-state index in [0.717, 1.165) is 14.6 Å². The maximum absolute atomic E-state index is 12.4. The van der Waals surface area contributed by atoms with Gasteiger partial charge in [0.1, 0.15) is 11.3 Å². The topological polar surface area (TPSA) is 94.6 Å². The number of nitrogens with one attached hydrogen (secondary N) is 1. The van der Waals surface area contributed by atoms with Crippen LogP contribution in [0.25, 0.3) is 10.2 Å². The van der Waals surface area contributed by atoms with Crippen LogP contribution in [-0.2, 0) is 14.8 Å². The number of anilines is 1. The van der Waals surface area contributed by atoms with Gasteiger partial charge in [0.2, 0.25) is 10.0 Å². The molecule has 0 bridgehead atoms. The summed E-state index contributed by atoms with van der Waals surface area (Å²) in [5.74, 6) is 0.309. The lowest BCUT2D eigenvalue weighted by Crippen LogP contribution is -2.17. The lowest BCUT2D eigenvalue weighted by atomic mass is 10.2. The van der Waals surface area contributed by atoms with Crippen LogP contribution in [-0.4, -0.2) is 45.1 Å². The molecule has 10 heteroatoms. The third kappa shape index (κ3) is 5.62. The normalized spacial score (nSPS) is 11.4. The van der Waals surface area contributed by atoms with Gasteiger partial charge in [-0.25, -0.2) is 18.2 Å². The SMILES string of the molecule is COC(=O)c1ccc(NS(=O)(=O)CCCSc2nc3ccccc3s2)cc1OC. The van der Waals surface area contributed by atoms with Crippen molar-refractivity contribution in [2.75, 3.05) is 30.4 Å². The number of thioether (sulfide) groups is 1. The number of methoxy groups -OCH3 is 2. The Morgan fingerprint density at radius 1 is 1.21 bits per heavy atom. The van der Waals surface area contributed by atoms with Gasteiger partial charge in [0.15, 0.2) is 4.34 Å². The molecule has 3 rings (SSSR count). The highest BCUT2D eigenvalue weighted by atomic mass is 32.2. The molecule has 0 fully saturated rings. The zero-order chi connectivity index (χ0) is 20.9. The first kappa shape index (κ1) is 21.4. The Hall–Kier alpha value is -2.30. The Bertz CT molecular complexity index is 1080. The minimum atomic E-state index is -3.53. The largest absolute Gasteiger partial charge is 0.496 e. The van der Waals surface area contributed by atoms with Crippen molar-refractivity contribution in [1.82, 2.24) is 4.98 Å². The third-order valence-electron chi connectivity index (χ3n) is 3.94. The van der Waals surface area contributed by atoms with Gasteiger partial charge in [0.05, 0.1) is 35.9 Å². The minimum absolute atomic E-state index is 0.0219. The Balaban J connectivity index is 1.55. The second kappa shape index (κ2) is 9.47. The number of hydrogen-bond acceptors (Lipinski definition) is 8. The number of carbonyl (C=O) groups is 1. The fourth-order valence-electron chi connectivity index (χ4n) is 2.59. The van der Waals surface area contributed by atoms with Gasteiger partial charge < -0.3 is 9.47 Å². The first-order valence-electron chi connectivity index (χ1n) is 8.67. The van der Waals surface area contributed by atoms with E-state index in [1.807, 2.05) is 24.3 Å². The average molecular weight is 453 g/mol. The zero-order valence-corrected chi connectivity index (χ0v) is 18.3. The number of nitrogens with zero attached hydrogens (tertiary/aromatic N) is 1. The molecule has 7 nitrogen and oxygen atoms in total. The van der Waals surface area contributed by atoms with Crippen molar-refractivity contribution in [2.24, 2.45) is 0 Å². The van der Waals surface area contributed by atoms with Crippen molar-refractivity contribution in [3.63, 3.8) is 0 Å². The average Bonchev–Trinajstić information content (AvgIpc) is 3.13. The molecule has 1 aromatic heterocycles. The van der Waals surface area contributed by atoms with Crippen LogP contribution in [0.3, 0.4) is 0 Å². The summed E-state index contributed by atoms with van der Waals surface area (Å²) in [6, 6.07) is 12.3. The standard InChI is InChI=1S/C19H20N2O5S3/c1-25-16-12-13(8-9-14(16)18(22)26-2)21-29(23,24)11-5-10-27-19-20-15-6-3-4-7-17(15)28-19/h3-4,6-9,12,21H,5,10-11H2,1-2H3. The van der Waals surface area contributed by atoms with E-state index < -0.39 is 16.0 Å². The molecule has 0 aliphatic carbocycles. The predicted molar refractivity (Wildman–Crippen MR) is 117 cm³/mol. The Kier molecular flexibility index (Phi) is 6.99. The second-order valence-electron chi connectivity index (χ2n) is 5.98. The summed E-state index contributed by atoms with van der Waals surface area (Å²) in [5.41, 5.74) is 1.51. The monoisotopic (exact) mass is 452 g/mol. The van der Waals surface area contributed by atoms with Gasteiger partial charge in [0, 0.05) is 11.8 Å². The molecule has 0 radical (unpaired) electrons. The molecule has 2 aromatic carbocycles. The number of fused-ring (bicyclic) bond motifs is 1. The smallest absolute Gasteiger partial charge is 0.341 e. The van der Waals surface area contributed by atoms with Gasteiger partial charge in [-0.2, -0.15) is 0 Å². The van der Waals surface area contributed by atoms with Gasteiger partial charge in [-0.15, -0.1) is 11.3 Å². The number of esters is 1. The zero-order valence-electron chi connectivity index (χ0n) is 15.9. The van der Waals surface area contributed by atoms with Crippen LogP contribution in [0.4, 0.5) is 5.69 Å². The fourth-order valence-corrected chi connectivity index (χ4v) is 5.96. The molecule has 1 N–H and O–H groups in total. The molecule has 0 saturated heterocycles. The van der Waals surface area contributed by atoms with Crippen molar-refractivity contribution in [2.45, 2.75) is 10.8 Å². The summed E-state index contributed by atoms with van der Waals surface area (Å²) in [7, 11) is -0.859.